The summed E-state index contributed by atoms with van der Waals surface area (Å²) in [6.07, 6.45) is 0.818. The molecular formula is C30H26ClFN2O8. The summed E-state index contributed by atoms with van der Waals surface area (Å²) < 4.78 is 24.1. The normalized spacial score (nSPS) is 30.1. The van der Waals surface area contributed by atoms with Crippen LogP contribution in [0.15, 0.2) is 48.0 Å². The minimum absolute atomic E-state index is 0.0226. The summed E-state index contributed by atoms with van der Waals surface area (Å²) in [5.41, 5.74) is -0.464. The molecule has 6 unspecified atom stereocenters. The Balaban J connectivity index is 1.54. The number of rotatable bonds is 3. The molecule has 5 amide bonds. The minimum Gasteiger partial charge on any atom is -0.508 e. The van der Waals surface area contributed by atoms with E-state index in [9.17, 15) is 33.5 Å². The number of likely N-dealkylation sites (tertiary alicyclic amines) is 1. The zero-order chi connectivity index (χ0) is 30.2. The Morgan fingerprint density at radius 3 is 2.45 bits per heavy atom. The third-order valence-corrected chi connectivity index (χ3v) is 9.63. The maximum Gasteiger partial charge on any atom is 0.423 e. The molecule has 1 N–H and O–H groups in total. The van der Waals surface area contributed by atoms with Crippen LogP contribution in [0.1, 0.15) is 31.2 Å². The molecule has 2 saturated heterocycles. The predicted molar refractivity (Wildman–Crippen MR) is 145 cm³/mol. The Labute approximate surface area is 244 Å². The van der Waals surface area contributed by atoms with Crippen LogP contribution in [0.25, 0.3) is 0 Å². The first-order chi connectivity index (χ1) is 19.9. The summed E-state index contributed by atoms with van der Waals surface area (Å²) in [6, 6.07) is 8.09. The lowest BCUT2D eigenvalue weighted by molar-refractivity contribution is -0.138. The molecule has 6 rings (SSSR count). The molecule has 0 spiro atoms. The van der Waals surface area contributed by atoms with Gasteiger partial charge < -0.3 is 14.6 Å². The Hall–Kier alpha value is -4.25. The van der Waals surface area contributed by atoms with Crippen LogP contribution in [0.2, 0.25) is 5.02 Å². The van der Waals surface area contributed by atoms with Crippen molar-refractivity contribution in [2.75, 3.05) is 19.1 Å². The molecule has 12 heteroatoms. The second kappa shape index (κ2) is 9.65. The van der Waals surface area contributed by atoms with Gasteiger partial charge in [-0.05, 0) is 62.1 Å². The van der Waals surface area contributed by atoms with Crippen LogP contribution < -0.4 is 9.64 Å². The Bertz CT molecular complexity index is 1620. The number of anilines is 1. The van der Waals surface area contributed by atoms with Gasteiger partial charge in [-0.3, -0.25) is 19.2 Å². The van der Waals surface area contributed by atoms with Crippen molar-refractivity contribution in [1.29, 1.82) is 0 Å². The molecule has 2 heterocycles. The fraction of sp³-hybridized carbons (Fsp3) is 0.367. The second-order valence-electron chi connectivity index (χ2n) is 11.2. The molecule has 42 heavy (non-hydrogen) atoms. The number of benzene rings is 2. The second-order valence-corrected chi connectivity index (χ2v) is 11.6. The number of nitrogens with zero attached hydrogens (tertiary/aromatic N) is 2. The number of halogens is 2. The number of fused-ring (bicyclic) bond motifs is 4. The average Bonchev–Trinajstić information content (AvgIpc) is 3.34. The lowest BCUT2D eigenvalue weighted by atomic mass is 9.51. The molecule has 4 aliphatic rings. The van der Waals surface area contributed by atoms with Crippen LogP contribution in [0.3, 0.4) is 0 Å². The van der Waals surface area contributed by atoms with E-state index < -0.39 is 70.5 Å². The van der Waals surface area contributed by atoms with Crippen LogP contribution in [0.5, 0.6) is 11.5 Å². The molecule has 6 atom stereocenters. The van der Waals surface area contributed by atoms with E-state index in [0.717, 1.165) is 18.1 Å². The number of methoxy groups -OCH3 is 2. The fourth-order valence-corrected chi connectivity index (χ4v) is 7.57. The van der Waals surface area contributed by atoms with E-state index in [1.807, 2.05) is 0 Å². The van der Waals surface area contributed by atoms with Crippen LogP contribution in [0.4, 0.5) is 14.9 Å². The van der Waals surface area contributed by atoms with Crippen molar-refractivity contribution in [2.24, 2.45) is 29.1 Å². The molecule has 218 valence electrons. The number of amides is 5. The predicted octanol–water partition coefficient (Wildman–Crippen LogP) is 4.19. The topological polar surface area (TPSA) is 131 Å². The summed E-state index contributed by atoms with van der Waals surface area (Å²) >= 11 is 6.00. The summed E-state index contributed by atoms with van der Waals surface area (Å²) in [5.74, 6) is -7.52. The van der Waals surface area contributed by atoms with Gasteiger partial charge in [0.25, 0.3) is 0 Å². The highest BCUT2D eigenvalue weighted by Crippen LogP contribution is 2.64. The van der Waals surface area contributed by atoms with Gasteiger partial charge in [-0.25, -0.2) is 14.1 Å². The third-order valence-electron chi connectivity index (χ3n) is 9.34. The van der Waals surface area contributed by atoms with Crippen LogP contribution in [0, 0.1) is 34.9 Å². The number of ether oxygens (including phenoxy) is 2. The summed E-state index contributed by atoms with van der Waals surface area (Å²) in [6.45, 7) is 1.64. The number of carbonyl (C=O) groups excluding carboxylic acids is 5. The van der Waals surface area contributed by atoms with E-state index in [-0.39, 0.29) is 29.3 Å². The van der Waals surface area contributed by atoms with E-state index >= 15 is 0 Å². The van der Waals surface area contributed by atoms with Gasteiger partial charge in [-0.15, -0.1) is 0 Å². The number of phenols is 1. The van der Waals surface area contributed by atoms with Crippen LogP contribution in [-0.4, -0.2) is 53.9 Å². The number of allylic oxidation sites excluding steroid dienone is 2. The van der Waals surface area contributed by atoms with E-state index in [2.05, 4.69) is 4.74 Å². The number of carbonyl (C=O) groups is 5. The number of imide groups is 4. The highest BCUT2D eigenvalue weighted by molar-refractivity contribution is 6.31. The lowest BCUT2D eigenvalue weighted by Crippen LogP contribution is -2.49. The molecule has 0 bridgehead atoms. The summed E-state index contributed by atoms with van der Waals surface area (Å²) in [5, 5.41) is 10.8. The van der Waals surface area contributed by atoms with Gasteiger partial charge in [-0.2, -0.15) is 4.90 Å². The molecule has 0 aromatic heterocycles. The third kappa shape index (κ3) is 3.65. The monoisotopic (exact) mass is 596 g/mol. The quantitative estimate of drug-likeness (QED) is 0.412. The molecule has 3 fully saturated rings. The zero-order valence-electron chi connectivity index (χ0n) is 22.8. The number of aromatic hydroxyl groups is 1. The van der Waals surface area contributed by atoms with Gasteiger partial charge in [0.05, 0.1) is 48.1 Å². The van der Waals surface area contributed by atoms with Crippen molar-refractivity contribution in [3.8, 4) is 11.5 Å². The summed E-state index contributed by atoms with van der Waals surface area (Å²) in [7, 11) is 2.52. The smallest absolute Gasteiger partial charge is 0.423 e. The summed E-state index contributed by atoms with van der Waals surface area (Å²) in [4.78, 5) is 69.0. The number of phenolic OH excluding ortho intramolecular Hbond substituents is 1. The largest absolute Gasteiger partial charge is 0.508 e. The Morgan fingerprint density at radius 2 is 1.79 bits per heavy atom. The van der Waals surface area contributed by atoms with Gasteiger partial charge in [0.2, 0.25) is 23.6 Å². The number of hydrogen-bond donors (Lipinski definition) is 1. The highest BCUT2D eigenvalue weighted by atomic mass is 35.5. The van der Waals surface area contributed by atoms with E-state index in [0.29, 0.717) is 21.8 Å². The molecular weight excluding hydrogens is 571 g/mol. The van der Waals surface area contributed by atoms with E-state index in [4.69, 9.17) is 16.3 Å². The van der Waals surface area contributed by atoms with Crippen molar-refractivity contribution in [3.63, 3.8) is 0 Å². The standard InChI is InChI=1S/C30H26ClFN2O8/c1-30-19(26(37)33(28(30)39)13-4-8-21(32)20(31)10-13)12-17-15(24(30)18-11-14(41-2)5-9-22(18)35)6-7-16-23(17)27(38)34(25(16)36)29(40)42-3/h4-6,8-11,16-17,19,23-24,35H,7,12H2,1-3H3. The molecule has 2 aliphatic heterocycles. The van der Waals surface area contributed by atoms with Gasteiger partial charge in [0, 0.05) is 11.5 Å². The van der Waals surface area contributed by atoms with Crippen molar-refractivity contribution in [3.05, 3.63) is 64.5 Å². The van der Waals surface area contributed by atoms with Gasteiger partial charge in [-0.1, -0.05) is 23.3 Å². The SMILES string of the molecule is COC(=O)N1C(=O)C2CC=C3C(CC4C(=O)N(c5ccc(F)c(Cl)c5)C(=O)C4(C)C3c3cc(OC)ccc3O)C2C1=O. The maximum absolute atomic E-state index is 14.4. The van der Waals surface area contributed by atoms with Gasteiger partial charge in [0.15, 0.2) is 0 Å². The lowest BCUT2D eigenvalue weighted by Gasteiger charge is -2.49. The first-order valence-corrected chi connectivity index (χ1v) is 13.7. The van der Waals surface area contributed by atoms with Crippen LogP contribution >= 0.6 is 11.6 Å². The van der Waals surface area contributed by atoms with Gasteiger partial charge >= 0.3 is 6.09 Å². The van der Waals surface area contributed by atoms with Crippen molar-refractivity contribution < 1.29 is 42.9 Å². The van der Waals surface area contributed by atoms with Crippen molar-refractivity contribution in [1.82, 2.24) is 4.90 Å². The van der Waals surface area contributed by atoms with Crippen molar-refractivity contribution in [2.45, 2.75) is 25.7 Å². The van der Waals surface area contributed by atoms with E-state index in [1.165, 1.54) is 25.3 Å². The first-order valence-electron chi connectivity index (χ1n) is 13.3. The fourth-order valence-electron chi connectivity index (χ4n) is 7.39. The average molecular weight is 597 g/mol. The zero-order valence-corrected chi connectivity index (χ0v) is 23.6. The molecule has 2 aromatic rings. The Kier molecular flexibility index (Phi) is 6.41. The van der Waals surface area contributed by atoms with Crippen molar-refractivity contribution >= 4 is 47.0 Å². The molecule has 10 nitrogen and oxygen atoms in total. The molecule has 0 radical (unpaired) electrons. The van der Waals surface area contributed by atoms with Crippen LogP contribution in [-0.2, 0) is 23.9 Å². The van der Waals surface area contributed by atoms with E-state index in [1.54, 1.807) is 25.1 Å². The number of hydrogen-bond acceptors (Lipinski definition) is 8. The molecule has 2 aliphatic carbocycles. The maximum atomic E-state index is 14.4. The molecule has 1 saturated carbocycles. The van der Waals surface area contributed by atoms with Gasteiger partial charge in [0.1, 0.15) is 17.3 Å². The minimum atomic E-state index is -1.45. The Morgan fingerprint density at radius 1 is 1.05 bits per heavy atom. The highest BCUT2D eigenvalue weighted by Gasteiger charge is 2.68. The molecule has 2 aromatic carbocycles. The first kappa shape index (κ1) is 27.9.